The van der Waals surface area contributed by atoms with Crippen LogP contribution in [0.2, 0.25) is 5.02 Å². The van der Waals surface area contributed by atoms with Gasteiger partial charge in [0.2, 0.25) is 6.10 Å². The fourth-order valence-corrected chi connectivity index (χ4v) is 2.66. The third-order valence-corrected chi connectivity index (χ3v) is 3.67. The summed E-state index contributed by atoms with van der Waals surface area (Å²) in [7, 11) is 0. The second-order valence-corrected chi connectivity index (χ2v) is 5.56. The number of aryl methyl sites for hydroxylation is 1. The van der Waals surface area contributed by atoms with Crippen molar-refractivity contribution >= 4 is 39.6 Å². The van der Waals surface area contributed by atoms with E-state index in [1.807, 2.05) is 0 Å². The number of carbonyl (C=O) groups is 1. The van der Waals surface area contributed by atoms with Gasteiger partial charge in [0.1, 0.15) is 5.75 Å². The highest BCUT2D eigenvalue weighted by atomic mass is 79.9. The van der Waals surface area contributed by atoms with Gasteiger partial charge in [0, 0.05) is 15.9 Å². The fraction of sp³-hybridized carbons (Fsp3) is 0.308. The van der Waals surface area contributed by atoms with E-state index in [1.165, 1.54) is 12.1 Å². The van der Waals surface area contributed by atoms with Crippen LogP contribution in [0, 0.1) is 0 Å². The minimum Gasteiger partial charge on any atom is -0.478 e. The second kappa shape index (κ2) is 5.88. The summed E-state index contributed by atoms with van der Waals surface area (Å²) in [6.07, 6.45) is -5.83. The topological polar surface area (TPSA) is 46.5 Å². The normalized spacial score (nSPS) is 17.8. The molecule has 0 fully saturated rings. The van der Waals surface area contributed by atoms with Crippen LogP contribution in [-0.4, -0.2) is 28.7 Å². The number of aliphatic carboxylic acids is 1. The zero-order valence-corrected chi connectivity index (χ0v) is 12.7. The number of hydrogen-bond donors (Lipinski definition) is 1. The maximum atomic E-state index is 12.9. The van der Waals surface area contributed by atoms with Gasteiger partial charge in [-0.1, -0.05) is 27.5 Å². The van der Waals surface area contributed by atoms with Crippen molar-refractivity contribution in [2.45, 2.75) is 18.7 Å². The van der Waals surface area contributed by atoms with Gasteiger partial charge in [-0.2, -0.15) is 13.2 Å². The van der Waals surface area contributed by atoms with Crippen LogP contribution in [0.3, 0.4) is 0 Å². The Balaban J connectivity index is 2.53. The van der Waals surface area contributed by atoms with E-state index in [2.05, 4.69) is 15.9 Å². The van der Waals surface area contributed by atoms with Crippen LogP contribution in [0.4, 0.5) is 13.2 Å². The van der Waals surface area contributed by atoms with Gasteiger partial charge >= 0.3 is 12.1 Å². The first kappa shape index (κ1) is 16.2. The van der Waals surface area contributed by atoms with Gasteiger partial charge in [0.25, 0.3) is 0 Å². The highest BCUT2D eigenvalue weighted by molar-refractivity contribution is 9.09. The van der Waals surface area contributed by atoms with Gasteiger partial charge in [0.05, 0.1) is 5.57 Å². The van der Waals surface area contributed by atoms with Gasteiger partial charge in [-0.25, -0.2) is 4.79 Å². The molecule has 1 aromatic carbocycles. The highest BCUT2D eigenvalue weighted by Crippen LogP contribution is 2.39. The molecule has 0 bridgehead atoms. The number of hydrogen-bond acceptors (Lipinski definition) is 2. The van der Waals surface area contributed by atoms with Gasteiger partial charge < -0.3 is 9.84 Å². The number of carboxylic acids is 1. The van der Waals surface area contributed by atoms with E-state index in [4.69, 9.17) is 21.4 Å². The van der Waals surface area contributed by atoms with E-state index >= 15 is 0 Å². The lowest BCUT2D eigenvalue weighted by Gasteiger charge is -2.27. The molecule has 1 unspecified atom stereocenters. The minimum absolute atomic E-state index is 0.0253. The Hall–Kier alpha value is -1.21. The van der Waals surface area contributed by atoms with E-state index in [1.54, 1.807) is 0 Å². The van der Waals surface area contributed by atoms with Crippen LogP contribution in [-0.2, 0) is 11.2 Å². The second-order valence-electron chi connectivity index (χ2n) is 4.36. The van der Waals surface area contributed by atoms with Crippen molar-refractivity contribution in [3.63, 3.8) is 0 Å². The van der Waals surface area contributed by atoms with Crippen molar-refractivity contribution in [1.29, 1.82) is 0 Å². The number of carboxylic acid groups (broad SMARTS) is 1. The molecule has 1 aliphatic heterocycles. The Labute approximate surface area is 131 Å². The maximum Gasteiger partial charge on any atom is 0.430 e. The molecule has 1 heterocycles. The fourth-order valence-electron chi connectivity index (χ4n) is 1.97. The number of fused-ring (bicyclic) bond motifs is 1. The molecule has 1 N–H and O–H groups in total. The van der Waals surface area contributed by atoms with Gasteiger partial charge in [-0.3, -0.25) is 0 Å². The zero-order valence-electron chi connectivity index (χ0n) is 10.4. The van der Waals surface area contributed by atoms with Crippen molar-refractivity contribution in [2.24, 2.45) is 0 Å². The average Bonchev–Trinajstić information content (AvgIpc) is 2.37. The van der Waals surface area contributed by atoms with E-state index in [-0.39, 0.29) is 11.3 Å². The third-order valence-electron chi connectivity index (χ3n) is 2.93. The molecule has 1 aromatic rings. The molecule has 0 saturated heterocycles. The van der Waals surface area contributed by atoms with Crippen LogP contribution in [0.1, 0.15) is 11.1 Å². The van der Waals surface area contributed by atoms with Gasteiger partial charge in [0.15, 0.2) is 0 Å². The number of rotatable bonds is 3. The summed E-state index contributed by atoms with van der Waals surface area (Å²) < 4.78 is 43.6. The van der Waals surface area contributed by atoms with E-state index < -0.39 is 23.8 Å². The van der Waals surface area contributed by atoms with Crippen molar-refractivity contribution in [3.05, 3.63) is 33.9 Å². The highest BCUT2D eigenvalue weighted by Gasteiger charge is 2.48. The first-order valence-electron chi connectivity index (χ1n) is 5.80. The lowest BCUT2D eigenvalue weighted by molar-refractivity contribution is -0.187. The Kier molecular flexibility index (Phi) is 4.53. The summed E-state index contributed by atoms with van der Waals surface area (Å²) in [4.78, 5) is 11.0. The molecule has 1 aliphatic rings. The average molecular weight is 386 g/mol. The molecule has 21 heavy (non-hydrogen) atoms. The van der Waals surface area contributed by atoms with Crippen LogP contribution in [0.15, 0.2) is 17.7 Å². The summed E-state index contributed by atoms with van der Waals surface area (Å²) in [6, 6.07) is 2.82. The Morgan fingerprint density at radius 3 is 2.62 bits per heavy atom. The molecule has 8 heteroatoms. The number of alkyl halides is 4. The summed E-state index contributed by atoms with van der Waals surface area (Å²) in [6.45, 7) is 0. The monoisotopic (exact) mass is 384 g/mol. The largest absolute Gasteiger partial charge is 0.478 e. The predicted octanol–water partition coefficient (Wildman–Crippen LogP) is 4.07. The summed E-state index contributed by atoms with van der Waals surface area (Å²) in [5, 5.41) is 9.86. The van der Waals surface area contributed by atoms with E-state index in [0.29, 0.717) is 22.3 Å². The SMILES string of the molecule is O=C(O)C1=Cc2cc(Cl)c(CCBr)cc2OC1C(F)(F)F. The molecule has 0 aliphatic carbocycles. The van der Waals surface area contributed by atoms with Crippen molar-refractivity contribution < 1.29 is 27.8 Å². The molecule has 1 atom stereocenters. The van der Waals surface area contributed by atoms with Gasteiger partial charge in [-0.15, -0.1) is 0 Å². The predicted molar refractivity (Wildman–Crippen MR) is 75.0 cm³/mol. The zero-order chi connectivity index (χ0) is 15.8. The maximum absolute atomic E-state index is 12.9. The van der Waals surface area contributed by atoms with Crippen LogP contribution in [0.25, 0.3) is 6.08 Å². The molecule has 0 saturated carbocycles. The van der Waals surface area contributed by atoms with Crippen LogP contribution < -0.4 is 4.74 Å². The van der Waals surface area contributed by atoms with Crippen molar-refractivity contribution in [1.82, 2.24) is 0 Å². The Morgan fingerprint density at radius 2 is 2.10 bits per heavy atom. The molecule has 114 valence electrons. The summed E-state index contributed by atoms with van der Waals surface area (Å²) in [5.41, 5.74) is -0.0177. The Morgan fingerprint density at radius 1 is 1.43 bits per heavy atom. The molecular formula is C13H9BrClF3O3. The van der Waals surface area contributed by atoms with Crippen LogP contribution >= 0.6 is 27.5 Å². The van der Waals surface area contributed by atoms with Gasteiger partial charge in [-0.05, 0) is 30.2 Å². The van der Waals surface area contributed by atoms with Crippen molar-refractivity contribution in [3.8, 4) is 5.75 Å². The molecule has 2 rings (SSSR count). The van der Waals surface area contributed by atoms with E-state index in [9.17, 15) is 18.0 Å². The standard InChI is InChI=1S/C13H9BrClF3O3/c14-2-1-6-5-10-7(4-9(6)15)3-8(12(19)20)11(21-10)13(16,17)18/h3-5,11H,1-2H2,(H,19,20). The smallest absolute Gasteiger partial charge is 0.430 e. The molecule has 3 nitrogen and oxygen atoms in total. The number of ether oxygens (including phenoxy) is 1. The lowest BCUT2D eigenvalue weighted by Crippen LogP contribution is -2.40. The van der Waals surface area contributed by atoms with Crippen molar-refractivity contribution in [2.75, 3.05) is 5.33 Å². The third kappa shape index (κ3) is 3.35. The molecular weight excluding hydrogens is 376 g/mol. The summed E-state index contributed by atoms with van der Waals surface area (Å²) >= 11 is 9.24. The summed E-state index contributed by atoms with van der Waals surface area (Å²) in [5.74, 6) is -1.70. The lowest BCUT2D eigenvalue weighted by atomic mass is 9.99. The molecule has 0 amide bonds. The first-order chi connectivity index (χ1) is 9.74. The first-order valence-corrected chi connectivity index (χ1v) is 7.30. The molecule has 0 radical (unpaired) electrons. The minimum atomic E-state index is -4.81. The molecule has 0 aromatic heterocycles. The van der Waals surface area contributed by atoms with Crippen LogP contribution in [0.5, 0.6) is 5.75 Å². The molecule has 0 spiro atoms. The quantitative estimate of drug-likeness (QED) is 0.798. The number of halogens is 5. The van der Waals surface area contributed by atoms with E-state index in [0.717, 1.165) is 6.08 Å². The number of benzene rings is 1. The Bertz CT molecular complexity index is 613.